The lowest BCUT2D eigenvalue weighted by atomic mass is 10.2. The molecule has 9 heteroatoms. The minimum Gasteiger partial charge on any atom is -0.507 e. The Morgan fingerprint density at radius 2 is 2.04 bits per heavy atom. The average Bonchev–Trinajstić information content (AvgIpc) is 3.12. The van der Waals surface area contributed by atoms with Crippen LogP contribution >= 0.6 is 22.6 Å². The highest BCUT2D eigenvalue weighted by molar-refractivity contribution is 14.1. The van der Waals surface area contributed by atoms with Crippen LogP contribution in [-0.4, -0.2) is 26.8 Å². The Bertz CT molecular complexity index is 957. The molecule has 0 spiro atoms. The molecular formula is C17H14IN3O5. The number of rotatable bonds is 6. The molecule has 0 atom stereocenters. The van der Waals surface area contributed by atoms with Crippen LogP contribution in [0.15, 0.2) is 40.9 Å². The molecule has 0 aliphatic rings. The molecule has 1 N–H and O–H groups in total. The van der Waals surface area contributed by atoms with Gasteiger partial charge in [-0.1, -0.05) is 12.1 Å². The summed E-state index contributed by atoms with van der Waals surface area (Å²) in [4.78, 5) is 15.1. The summed E-state index contributed by atoms with van der Waals surface area (Å²) in [5, 5.41) is 24.8. The first-order chi connectivity index (χ1) is 12.5. The largest absolute Gasteiger partial charge is 0.507 e. The normalized spacial score (nSPS) is 10.7. The SMILES string of the molecule is CCCOc1ccc(-c2nc(-c3ccc(O)c(I)c3)no2)cc1[N+](=O)[O-]. The number of phenolic OH excluding ortho intramolecular Hbond substituents is 1. The van der Waals surface area contributed by atoms with Gasteiger partial charge < -0.3 is 14.4 Å². The van der Waals surface area contributed by atoms with Crippen molar-refractivity contribution in [3.63, 3.8) is 0 Å². The number of nitro groups is 1. The maximum absolute atomic E-state index is 11.3. The summed E-state index contributed by atoms with van der Waals surface area (Å²) >= 11 is 2.00. The second-order valence-corrected chi connectivity index (χ2v) is 6.54. The van der Waals surface area contributed by atoms with E-state index in [1.54, 1.807) is 18.2 Å². The molecule has 8 nitrogen and oxygen atoms in total. The fourth-order valence-corrected chi connectivity index (χ4v) is 2.75. The van der Waals surface area contributed by atoms with E-state index >= 15 is 0 Å². The van der Waals surface area contributed by atoms with E-state index < -0.39 is 4.92 Å². The standard InChI is InChI=1S/C17H14IN3O5/c1-2-7-25-15-6-4-11(9-13(15)21(23)24)17-19-16(20-26-17)10-3-5-14(22)12(18)8-10/h3-6,8-9,22H,2,7H2,1H3. The van der Waals surface area contributed by atoms with Crippen LogP contribution in [0.2, 0.25) is 0 Å². The predicted octanol–water partition coefficient (Wildman–Crippen LogP) is 4.41. The quantitative estimate of drug-likeness (QED) is 0.325. The minimum absolute atomic E-state index is 0.158. The van der Waals surface area contributed by atoms with Gasteiger partial charge in [-0.2, -0.15) is 4.98 Å². The van der Waals surface area contributed by atoms with Crippen LogP contribution in [0.4, 0.5) is 5.69 Å². The number of aromatic nitrogens is 2. The lowest BCUT2D eigenvalue weighted by Gasteiger charge is -2.05. The molecule has 1 aromatic heterocycles. The van der Waals surface area contributed by atoms with E-state index in [1.807, 2.05) is 29.5 Å². The summed E-state index contributed by atoms with van der Waals surface area (Å²) in [6.07, 6.45) is 0.747. The molecule has 3 rings (SSSR count). The van der Waals surface area contributed by atoms with Crippen LogP contribution < -0.4 is 4.74 Å². The van der Waals surface area contributed by atoms with Gasteiger partial charge in [-0.25, -0.2) is 0 Å². The van der Waals surface area contributed by atoms with Crippen LogP contribution in [0, 0.1) is 13.7 Å². The number of benzene rings is 2. The Balaban J connectivity index is 1.94. The Morgan fingerprint density at radius 3 is 2.73 bits per heavy atom. The summed E-state index contributed by atoms with van der Waals surface area (Å²) in [5.74, 6) is 0.852. The van der Waals surface area contributed by atoms with Gasteiger partial charge in [0, 0.05) is 17.2 Å². The zero-order valence-corrected chi connectivity index (χ0v) is 15.8. The van der Waals surface area contributed by atoms with Crippen molar-refractivity contribution >= 4 is 28.3 Å². The number of hydrogen-bond acceptors (Lipinski definition) is 7. The number of aromatic hydroxyl groups is 1. The van der Waals surface area contributed by atoms with Crippen molar-refractivity contribution in [3.05, 3.63) is 50.1 Å². The number of ether oxygens (including phenoxy) is 1. The Morgan fingerprint density at radius 1 is 1.27 bits per heavy atom. The van der Waals surface area contributed by atoms with Crippen molar-refractivity contribution in [1.29, 1.82) is 0 Å². The van der Waals surface area contributed by atoms with E-state index in [4.69, 9.17) is 9.26 Å². The van der Waals surface area contributed by atoms with Gasteiger partial charge in [0.05, 0.1) is 15.1 Å². The minimum atomic E-state index is -0.506. The molecule has 0 saturated heterocycles. The lowest BCUT2D eigenvalue weighted by molar-refractivity contribution is -0.385. The molecule has 0 aliphatic heterocycles. The fraction of sp³-hybridized carbons (Fsp3) is 0.176. The van der Waals surface area contributed by atoms with Gasteiger partial charge in [-0.05, 0) is 59.3 Å². The first-order valence-electron chi connectivity index (χ1n) is 7.73. The molecule has 0 saturated carbocycles. The van der Waals surface area contributed by atoms with Crippen LogP contribution in [0.3, 0.4) is 0 Å². The van der Waals surface area contributed by atoms with Gasteiger partial charge in [-0.3, -0.25) is 10.1 Å². The second kappa shape index (κ2) is 7.68. The van der Waals surface area contributed by atoms with Crippen LogP contribution in [0.25, 0.3) is 22.8 Å². The molecule has 2 aromatic carbocycles. The number of nitrogens with zero attached hydrogens (tertiary/aromatic N) is 3. The molecule has 26 heavy (non-hydrogen) atoms. The van der Waals surface area contributed by atoms with E-state index in [2.05, 4.69) is 10.1 Å². The third kappa shape index (κ3) is 3.77. The highest BCUT2D eigenvalue weighted by Gasteiger charge is 2.19. The van der Waals surface area contributed by atoms with E-state index in [1.165, 1.54) is 18.2 Å². The van der Waals surface area contributed by atoms with E-state index in [0.717, 1.165) is 6.42 Å². The van der Waals surface area contributed by atoms with E-state index in [9.17, 15) is 15.2 Å². The van der Waals surface area contributed by atoms with E-state index in [0.29, 0.717) is 27.1 Å². The summed E-state index contributed by atoms with van der Waals surface area (Å²) in [6, 6.07) is 9.43. The van der Waals surface area contributed by atoms with Gasteiger partial charge in [0.2, 0.25) is 5.82 Å². The summed E-state index contributed by atoms with van der Waals surface area (Å²) in [7, 11) is 0. The average molecular weight is 467 g/mol. The molecule has 0 unspecified atom stereocenters. The molecule has 0 radical (unpaired) electrons. The highest BCUT2D eigenvalue weighted by Crippen LogP contribution is 2.33. The molecule has 134 valence electrons. The first kappa shape index (κ1) is 18.1. The predicted molar refractivity (Wildman–Crippen MR) is 102 cm³/mol. The van der Waals surface area contributed by atoms with Crippen molar-refractivity contribution < 1.29 is 19.3 Å². The molecular weight excluding hydrogens is 453 g/mol. The summed E-state index contributed by atoms with van der Waals surface area (Å²) in [6.45, 7) is 2.31. The zero-order chi connectivity index (χ0) is 18.7. The van der Waals surface area contributed by atoms with Gasteiger partial charge >= 0.3 is 5.69 Å². The Hall–Kier alpha value is -2.69. The monoisotopic (exact) mass is 467 g/mol. The zero-order valence-electron chi connectivity index (χ0n) is 13.7. The Kier molecular flexibility index (Phi) is 5.35. The topological polar surface area (TPSA) is 112 Å². The van der Waals surface area contributed by atoms with Crippen LogP contribution in [-0.2, 0) is 0 Å². The molecule has 1 heterocycles. The van der Waals surface area contributed by atoms with Crippen molar-refractivity contribution in [1.82, 2.24) is 10.1 Å². The van der Waals surface area contributed by atoms with Gasteiger partial charge in [0.1, 0.15) is 5.75 Å². The lowest BCUT2D eigenvalue weighted by Crippen LogP contribution is -1.99. The molecule has 3 aromatic rings. The maximum Gasteiger partial charge on any atom is 0.311 e. The highest BCUT2D eigenvalue weighted by atomic mass is 127. The Labute approximate surface area is 162 Å². The van der Waals surface area contributed by atoms with Crippen LogP contribution in [0.5, 0.6) is 11.5 Å². The molecule has 0 bridgehead atoms. The smallest absolute Gasteiger partial charge is 0.311 e. The molecule has 0 amide bonds. The van der Waals surface area contributed by atoms with Crippen LogP contribution in [0.1, 0.15) is 13.3 Å². The second-order valence-electron chi connectivity index (χ2n) is 5.38. The summed E-state index contributed by atoms with van der Waals surface area (Å²) < 4.78 is 11.3. The van der Waals surface area contributed by atoms with Crippen molar-refractivity contribution in [3.8, 4) is 34.3 Å². The van der Waals surface area contributed by atoms with Gasteiger partial charge in [-0.15, -0.1) is 0 Å². The molecule has 0 aliphatic carbocycles. The third-order valence-corrected chi connectivity index (χ3v) is 4.36. The summed E-state index contributed by atoms with van der Waals surface area (Å²) in [5.41, 5.74) is 0.933. The first-order valence-corrected chi connectivity index (χ1v) is 8.81. The van der Waals surface area contributed by atoms with Crippen molar-refractivity contribution in [2.24, 2.45) is 0 Å². The van der Waals surface area contributed by atoms with Crippen molar-refractivity contribution in [2.75, 3.05) is 6.61 Å². The third-order valence-electron chi connectivity index (χ3n) is 3.50. The van der Waals surface area contributed by atoms with E-state index in [-0.39, 0.29) is 23.1 Å². The number of hydrogen-bond donors (Lipinski definition) is 1. The van der Waals surface area contributed by atoms with Gasteiger partial charge in [0.25, 0.3) is 5.89 Å². The van der Waals surface area contributed by atoms with Gasteiger partial charge in [0.15, 0.2) is 5.75 Å². The fourth-order valence-electron chi connectivity index (χ4n) is 2.23. The number of nitro benzene ring substituents is 1. The number of halogens is 1. The molecule has 0 fully saturated rings. The van der Waals surface area contributed by atoms with Crippen molar-refractivity contribution in [2.45, 2.75) is 13.3 Å². The maximum atomic E-state index is 11.3. The number of phenols is 1.